The fourth-order valence-corrected chi connectivity index (χ4v) is 3.36. The lowest BCUT2D eigenvalue weighted by atomic mass is 9.98. The van der Waals surface area contributed by atoms with E-state index in [-0.39, 0.29) is 6.54 Å². The van der Waals surface area contributed by atoms with Crippen molar-refractivity contribution in [3.8, 4) is 0 Å². The fraction of sp³-hybridized carbons (Fsp3) is 0.737. The van der Waals surface area contributed by atoms with Crippen LogP contribution in [0.15, 0.2) is 21.5 Å². The van der Waals surface area contributed by atoms with Crippen LogP contribution in [-0.2, 0) is 5.60 Å². The molecule has 0 radical (unpaired) electrons. The first-order valence-electron chi connectivity index (χ1n) is 9.31. The SMILES string of the molecule is CCNC(=NCC(C)(O)c1ccc(C)o1)NCC(C1CC1)C1CC1. The van der Waals surface area contributed by atoms with E-state index in [4.69, 9.17) is 4.42 Å². The predicted molar refractivity (Wildman–Crippen MR) is 95.9 cm³/mol. The second kappa shape index (κ2) is 7.18. The lowest BCUT2D eigenvalue weighted by molar-refractivity contribution is 0.0428. The minimum Gasteiger partial charge on any atom is -0.463 e. The highest BCUT2D eigenvalue weighted by atomic mass is 16.4. The Labute approximate surface area is 144 Å². The lowest BCUT2D eigenvalue weighted by Crippen LogP contribution is -2.41. The maximum atomic E-state index is 10.6. The molecule has 24 heavy (non-hydrogen) atoms. The molecule has 2 aliphatic rings. The molecular weight excluding hydrogens is 302 g/mol. The molecule has 1 unspecified atom stereocenters. The van der Waals surface area contributed by atoms with Crippen molar-refractivity contribution in [1.82, 2.24) is 10.6 Å². The van der Waals surface area contributed by atoms with E-state index in [1.807, 2.05) is 19.1 Å². The Morgan fingerprint density at radius 2 is 1.96 bits per heavy atom. The van der Waals surface area contributed by atoms with E-state index < -0.39 is 5.60 Å². The number of nitrogens with zero attached hydrogens (tertiary/aromatic N) is 1. The first kappa shape index (κ1) is 17.3. The summed E-state index contributed by atoms with van der Waals surface area (Å²) in [6.07, 6.45) is 5.57. The van der Waals surface area contributed by atoms with Gasteiger partial charge in [-0.3, -0.25) is 0 Å². The summed E-state index contributed by atoms with van der Waals surface area (Å²) in [5.41, 5.74) is -1.09. The monoisotopic (exact) mass is 333 g/mol. The number of aryl methyl sites for hydroxylation is 1. The molecule has 0 amide bonds. The van der Waals surface area contributed by atoms with Crippen molar-refractivity contribution in [2.24, 2.45) is 22.7 Å². The molecule has 5 nitrogen and oxygen atoms in total. The Morgan fingerprint density at radius 1 is 1.29 bits per heavy atom. The van der Waals surface area contributed by atoms with Crippen LogP contribution in [0.2, 0.25) is 0 Å². The molecule has 0 saturated heterocycles. The van der Waals surface area contributed by atoms with Crippen LogP contribution < -0.4 is 10.6 Å². The summed E-state index contributed by atoms with van der Waals surface area (Å²) >= 11 is 0. The minimum atomic E-state index is -1.09. The number of hydrogen-bond donors (Lipinski definition) is 3. The molecule has 0 aromatic carbocycles. The van der Waals surface area contributed by atoms with Crippen molar-refractivity contribution in [1.29, 1.82) is 0 Å². The molecule has 1 aromatic heterocycles. The summed E-state index contributed by atoms with van der Waals surface area (Å²) in [4.78, 5) is 4.59. The highest BCUT2D eigenvalue weighted by Crippen LogP contribution is 2.48. The smallest absolute Gasteiger partial charge is 0.191 e. The van der Waals surface area contributed by atoms with Crippen LogP contribution in [0.3, 0.4) is 0 Å². The second-order valence-electron chi connectivity index (χ2n) is 7.60. The first-order chi connectivity index (χ1) is 11.5. The van der Waals surface area contributed by atoms with Gasteiger partial charge >= 0.3 is 0 Å². The average Bonchev–Trinajstić information content (AvgIpc) is 3.46. The summed E-state index contributed by atoms with van der Waals surface area (Å²) in [6.45, 7) is 7.76. The largest absolute Gasteiger partial charge is 0.463 e. The van der Waals surface area contributed by atoms with Crippen LogP contribution in [0.5, 0.6) is 0 Å². The number of hydrogen-bond acceptors (Lipinski definition) is 3. The first-order valence-corrected chi connectivity index (χ1v) is 9.31. The zero-order chi connectivity index (χ0) is 17.2. The highest BCUT2D eigenvalue weighted by molar-refractivity contribution is 5.79. The molecule has 2 fully saturated rings. The van der Waals surface area contributed by atoms with E-state index in [0.29, 0.717) is 5.76 Å². The van der Waals surface area contributed by atoms with Crippen LogP contribution >= 0.6 is 0 Å². The van der Waals surface area contributed by atoms with E-state index in [2.05, 4.69) is 22.5 Å². The van der Waals surface area contributed by atoms with Gasteiger partial charge < -0.3 is 20.2 Å². The summed E-state index contributed by atoms with van der Waals surface area (Å²) in [7, 11) is 0. The van der Waals surface area contributed by atoms with E-state index in [1.165, 1.54) is 25.7 Å². The number of aliphatic hydroxyl groups is 1. The van der Waals surface area contributed by atoms with Crippen molar-refractivity contribution in [2.75, 3.05) is 19.6 Å². The molecule has 5 heteroatoms. The van der Waals surface area contributed by atoms with Crippen LogP contribution in [0, 0.1) is 24.7 Å². The standard InChI is InChI=1S/C19H31N3O2/c1-4-20-18(21-11-16(14-6-7-14)15-8-9-15)22-12-19(3,23)17-10-5-13(2)24-17/h5,10,14-16,23H,4,6-9,11-12H2,1-3H3,(H2,20,21,22). The van der Waals surface area contributed by atoms with Crippen LogP contribution in [0.25, 0.3) is 0 Å². The van der Waals surface area contributed by atoms with Crippen molar-refractivity contribution in [3.63, 3.8) is 0 Å². The molecule has 2 aliphatic carbocycles. The maximum absolute atomic E-state index is 10.6. The van der Waals surface area contributed by atoms with Gasteiger partial charge in [0.25, 0.3) is 0 Å². The molecule has 1 heterocycles. The molecule has 1 aromatic rings. The van der Waals surface area contributed by atoms with Crippen molar-refractivity contribution in [3.05, 3.63) is 23.7 Å². The maximum Gasteiger partial charge on any atom is 0.191 e. The Balaban J connectivity index is 1.58. The van der Waals surface area contributed by atoms with E-state index in [0.717, 1.165) is 42.6 Å². The number of furan rings is 1. The molecule has 3 N–H and O–H groups in total. The molecule has 0 bridgehead atoms. The number of rotatable bonds is 8. The van der Waals surface area contributed by atoms with E-state index in [1.54, 1.807) is 6.92 Å². The third kappa shape index (κ3) is 4.53. The van der Waals surface area contributed by atoms with Gasteiger partial charge in [-0.2, -0.15) is 0 Å². The highest BCUT2D eigenvalue weighted by Gasteiger charge is 2.41. The van der Waals surface area contributed by atoms with Gasteiger partial charge in [-0.1, -0.05) is 0 Å². The normalized spacial score (nSPS) is 21.0. The average molecular weight is 333 g/mol. The van der Waals surface area contributed by atoms with Crippen molar-refractivity contribution >= 4 is 5.96 Å². The lowest BCUT2D eigenvalue weighted by Gasteiger charge is -2.21. The van der Waals surface area contributed by atoms with Gasteiger partial charge in [-0.05, 0) is 76.3 Å². The molecule has 134 valence electrons. The quantitative estimate of drug-likeness (QED) is 0.505. The van der Waals surface area contributed by atoms with Gasteiger partial charge in [-0.15, -0.1) is 0 Å². The van der Waals surface area contributed by atoms with Crippen LogP contribution in [0.1, 0.15) is 51.1 Å². The molecule has 0 spiro atoms. The van der Waals surface area contributed by atoms with Crippen LogP contribution in [0.4, 0.5) is 0 Å². The fourth-order valence-electron chi connectivity index (χ4n) is 3.36. The van der Waals surface area contributed by atoms with Gasteiger partial charge in [-0.25, -0.2) is 4.99 Å². The molecular formula is C19H31N3O2. The van der Waals surface area contributed by atoms with Crippen molar-refractivity contribution in [2.45, 2.75) is 52.1 Å². The molecule has 1 atom stereocenters. The Kier molecular flexibility index (Phi) is 5.18. The second-order valence-corrected chi connectivity index (χ2v) is 7.60. The Bertz CT molecular complexity index is 559. The van der Waals surface area contributed by atoms with Crippen molar-refractivity contribution < 1.29 is 9.52 Å². The molecule has 2 saturated carbocycles. The topological polar surface area (TPSA) is 69.8 Å². The summed E-state index contributed by atoms with van der Waals surface area (Å²) in [5, 5.41) is 17.4. The Hall–Kier alpha value is -1.49. The van der Waals surface area contributed by atoms with Gasteiger partial charge in [0.1, 0.15) is 17.1 Å². The number of nitrogens with one attached hydrogen (secondary N) is 2. The summed E-state index contributed by atoms with van der Waals surface area (Å²) < 4.78 is 5.56. The van der Waals surface area contributed by atoms with Crippen LogP contribution in [-0.4, -0.2) is 30.7 Å². The minimum absolute atomic E-state index is 0.271. The summed E-state index contributed by atoms with van der Waals surface area (Å²) in [5.74, 6) is 4.78. The van der Waals surface area contributed by atoms with E-state index >= 15 is 0 Å². The summed E-state index contributed by atoms with van der Waals surface area (Å²) in [6, 6.07) is 3.69. The van der Waals surface area contributed by atoms with Gasteiger partial charge in [0.05, 0.1) is 6.54 Å². The predicted octanol–water partition coefficient (Wildman–Crippen LogP) is 2.79. The molecule has 0 aliphatic heterocycles. The zero-order valence-corrected chi connectivity index (χ0v) is 15.1. The number of guanidine groups is 1. The molecule has 3 rings (SSSR count). The van der Waals surface area contributed by atoms with Gasteiger partial charge in [0.2, 0.25) is 0 Å². The van der Waals surface area contributed by atoms with Gasteiger partial charge in [0.15, 0.2) is 5.96 Å². The van der Waals surface area contributed by atoms with Gasteiger partial charge in [0, 0.05) is 13.1 Å². The van der Waals surface area contributed by atoms with E-state index in [9.17, 15) is 5.11 Å². The Morgan fingerprint density at radius 3 is 2.46 bits per heavy atom. The third-order valence-electron chi connectivity index (χ3n) is 5.12. The third-order valence-corrected chi connectivity index (χ3v) is 5.12. The zero-order valence-electron chi connectivity index (χ0n) is 15.1. The number of aliphatic imine (C=N–C) groups is 1.